The second-order valence-electron chi connectivity index (χ2n) is 4.01. The number of hydrogen-bond acceptors (Lipinski definition) is 3. The van der Waals surface area contributed by atoms with Crippen molar-refractivity contribution in [1.82, 2.24) is 15.0 Å². The predicted octanol–water partition coefficient (Wildman–Crippen LogP) is 1.75. The molecule has 0 radical (unpaired) electrons. The first kappa shape index (κ1) is 11.8. The van der Waals surface area contributed by atoms with E-state index in [1.54, 1.807) is 4.68 Å². The van der Waals surface area contributed by atoms with Crippen LogP contribution in [0, 0.1) is 0 Å². The van der Waals surface area contributed by atoms with Crippen LogP contribution in [0.15, 0.2) is 30.5 Å². The van der Waals surface area contributed by atoms with Crippen LogP contribution in [-0.4, -0.2) is 26.7 Å². The van der Waals surface area contributed by atoms with E-state index in [9.17, 15) is 0 Å². The second-order valence-corrected chi connectivity index (χ2v) is 4.01. The molecular weight excluding hydrogens is 214 g/mol. The first-order chi connectivity index (χ1) is 8.35. The molecule has 1 heterocycles. The average molecular weight is 231 g/mol. The summed E-state index contributed by atoms with van der Waals surface area (Å²) in [5, 5.41) is 17.0. The third-order valence-electron chi connectivity index (χ3n) is 2.67. The molecule has 4 heteroatoms. The Hall–Kier alpha value is -1.68. The van der Waals surface area contributed by atoms with Gasteiger partial charge < -0.3 is 5.11 Å². The molecule has 90 valence electrons. The van der Waals surface area contributed by atoms with Crippen LogP contribution >= 0.6 is 0 Å². The van der Waals surface area contributed by atoms with Gasteiger partial charge >= 0.3 is 0 Å². The highest BCUT2D eigenvalue weighted by atomic mass is 16.3. The molecule has 2 rings (SSSR count). The van der Waals surface area contributed by atoms with E-state index in [4.69, 9.17) is 5.11 Å². The molecule has 1 aromatic carbocycles. The predicted molar refractivity (Wildman–Crippen MR) is 66.1 cm³/mol. The van der Waals surface area contributed by atoms with Crippen LogP contribution < -0.4 is 0 Å². The molecule has 0 unspecified atom stereocenters. The van der Waals surface area contributed by atoms with Crippen molar-refractivity contribution in [3.8, 4) is 5.69 Å². The summed E-state index contributed by atoms with van der Waals surface area (Å²) in [4.78, 5) is 0. The number of rotatable bonds is 5. The molecule has 2 aromatic rings. The van der Waals surface area contributed by atoms with Crippen molar-refractivity contribution < 1.29 is 5.11 Å². The number of nitrogens with zero attached hydrogens (tertiary/aromatic N) is 3. The van der Waals surface area contributed by atoms with E-state index >= 15 is 0 Å². The van der Waals surface area contributed by atoms with Gasteiger partial charge in [-0.05, 0) is 18.1 Å². The number of aliphatic hydroxyl groups is 1. The third kappa shape index (κ3) is 2.71. The van der Waals surface area contributed by atoms with Crippen LogP contribution in [-0.2, 0) is 12.8 Å². The minimum Gasteiger partial charge on any atom is -0.396 e. The van der Waals surface area contributed by atoms with Crippen molar-refractivity contribution in [2.45, 2.75) is 26.2 Å². The zero-order valence-corrected chi connectivity index (χ0v) is 10.0. The number of aliphatic hydroxyl groups excluding tert-OH is 1. The first-order valence-electron chi connectivity index (χ1n) is 5.95. The van der Waals surface area contributed by atoms with Crippen molar-refractivity contribution in [2.75, 3.05) is 6.61 Å². The highest BCUT2D eigenvalue weighted by molar-refractivity contribution is 5.40. The number of benzene rings is 1. The molecule has 0 atom stereocenters. The summed E-state index contributed by atoms with van der Waals surface area (Å²) in [6, 6.07) is 8.20. The average Bonchev–Trinajstić information content (AvgIpc) is 2.79. The van der Waals surface area contributed by atoms with Gasteiger partial charge in [-0.15, -0.1) is 5.10 Å². The smallest absolute Gasteiger partial charge is 0.0854 e. The molecular formula is C13H17N3O. The zero-order valence-electron chi connectivity index (χ0n) is 10.0. The molecule has 0 saturated heterocycles. The van der Waals surface area contributed by atoms with Crippen LogP contribution in [0.2, 0.25) is 0 Å². The Labute approximate surface area is 101 Å². The Morgan fingerprint density at radius 3 is 2.82 bits per heavy atom. The Morgan fingerprint density at radius 1 is 1.24 bits per heavy atom. The van der Waals surface area contributed by atoms with Gasteiger partial charge in [-0.2, -0.15) is 0 Å². The Balaban J connectivity index is 2.31. The quantitative estimate of drug-likeness (QED) is 0.853. The van der Waals surface area contributed by atoms with Crippen molar-refractivity contribution in [3.05, 3.63) is 41.7 Å². The lowest BCUT2D eigenvalue weighted by Crippen LogP contribution is -2.00. The molecule has 0 saturated carbocycles. The van der Waals surface area contributed by atoms with Crippen LogP contribution in [0.4, 0.5) is 0 Å². The maximum atomic E-state index is 8.86. The maximum absolute atomic E-state index is 8.86. The van der Waals surface area contributed by atoms with Gasteiger partial charge in [0.15, 0.2) is 0 Å². The lowest BCUT2D eigenvalue weighted by atomic mass is 10.1. The van der Waals surface area contributed by atoms with E-state index in [1.165, 1.54) is 5.56 Å². The number of aromatic nitrogens is 3. The van der Waals surface area contributed by atoms with Crippen LogP contribution in [0.1, 0.15) is 24.6 Å². The van der Waals surface area contributed by atoms with Crippen molar-refractivity contribution in [2.24, 2.45) is 0 Å². The van der Waals surface area contributed by atoms with Gasteiger partial charge in [-0.1, -0.05) is 36.8 Å². The van der Waals surface area contributed by atoms with E-state index < -0.39 is 0 Å². The molecule has 1 aromatic heterocycles. The highest BCUT2D eigenvalue weighted by Crippen LogP contribution is 2.15. The largest absolute Gasteiger partial charge is 0.396 e. The molecule has 4 nitrogen and oxygen atoms in total. The summed E-state index contributed by atoms with van der Waals surface area (Å²) in [5.74, 6) is 0. The van der Waals surface area contributed by atoms with Gasteiger partial charge in [-0.25, -0.2) is 4.68 Å². The fourth-order valence-corrected chi connectivity index (χ4v) is 1.86. The summed E-state index contributed by atoms with van der Waals surface area (Å²) in [6.07, 6.45) is 4.57. The van der Waals surface area contributed by atoms with Gasteiger partial charge in [-0.3, -0.25) is 0 Å². The van der Waals surface area contributed by atoms with Crippen molar-refractivity contribution >= 4 is 0 Å². The Bertz CT molecular complexity index is 479. The minimum atomic E-state index is 0.106. The van der Waals surface area contributed by atoms with E-state index in [-0.39, 0.29) is 6.61 Å². The molecule has 0 aliphatic heterocycles. The fourth-order valence-electron chi connectivity index (χ4n) is 1.86. The summed E-state index contributed by atoms with van der Waals surface area (Å²) >= 11 is 0. The first-order valence-corrected chi connectivity index (χ1v) is 5.95. The summed E-state index contributed by atoms with van der Waals surface area (Å²) < 4.78 is 1.79. The Kier molecular flexibility index (Phi) is 3.88. The normalized spacial score (nSPS) is 10.7. The van der Waals surface area contributed by atoms with E-state index in [2.05, 4.69) is 23.3 Å². The SMILES string of the molecule is CCCc1ccccc1-n1cc(CCO)nn1. The van der Waals surface area contributed by atoms with Gasteiger partial charge in [0.05, 0.1) is 17.6 Å². The standard InChI is InChI=1S/C13H17N3O/c1-2-5-11-6-3-4-7-13(11)16-10-12(8-9-17)14-15-16/h3-4,6-7,10,17H,2,5,8-9H2,1H3. The molecule has 0 fully saturated rings. The maximum Gasteiger partial charge on any atom is 0.0854 e. The number of hydrogen-bond donors (Lipinski definition) is 1. The van der Waals surface area contributed by atoms with Gasteiger partial charge in [0.25, 0.3) is 0 Å². The lowest BCUT2D eigenvalue weighted by molar-refractivity contribution is 0.298. The molecule has 0 spiro atoms. The molecule has 0 aliphatic rings. The number of aryl methyl sites for hydroxylation is 1. The molecule has 0 aliphatic carbocycles. The van der Waals surface area contributed by atoms with E-state index in [0.29, 0.717) is 6.42 Å². The molecule has 1 N–H and O–H groups in total. The minimum absolute atomic E-state index is 0.106. The molecule has 0 bridgehead atoms. The summed E-state index contributed by atoms with van der Waals surface area (Å²) in [6.45, 7) is 2.27. The summed E-state index contributed by atoms with van der Waals surface area (Å²) in [7, 11) is 0. The third-order valence-corrected chi connectivity index (χ3v) is 2.67. The van der Waals surface area contributed by atoms with Gasteiger partial charge in [0, 0.05) is 13.0 Å². The van der Waals surface area contributed by atoms with Crippen LogP contribution in [0.3, 0.4) is 0 Å². The number of para-hydroxylation sites is 1. The van der Waals surface area contributed by atoms with Crippen LogP contribution in [0.5, 0.6) is 0 Å². The van der Waals surface area contributed by atoms with Gasteiger partial charge in [0.2, 0.25) is 0 Å². The highest BCUT2D eigenvalue weighted by Gasteiger charge is 2.06. The lowest BCUT2D eigenvalue weighted by Gasteiger charge is -2.07. The fraction of sp³-hybridized carbons (Fsp3) is 0.385. The topological polar surface area (TPSA) is 50.9 Å². The zero-order chi connectivity index (χ0) is 12.1. The van der Waals surface area contributed by atoms with Crippen LogP contribution in [0.25, 0.3) is 5.69 Å². The van der Waals surface area contributed by atoms with Crippen molar-refractivity contribution in [3.63, 3.8) is 0 Å². The van der Waals surface area contributed by atoms with Gasteiger partial charge in [0.1, 0.15) is 0 Å². The van der Waals surface area contributed by atoms with Crippen molar-refractivity contribution in [1.29, 1.82) is 0 Å². The van der Waals surface area contributed by atoms with E-state index in [1.807, 2.05) is 24.4 Å². The van der Waals surface area contributed by atoms with E-state index in [0.717, 1.165) is 24.2 Å². The Morgan fingerprint density at radius 2 is 2.06 bits per heavy atom. The summed E-state index contributed by atoms with van der Waals surface area (Å²) in [5.41, 5.74) is 3.17. The molecule has 17 heavy (non-hydrogen) atoms. The monoisotopic (exact) mass is 231 g/mol. The second kappa shape index (κ2) is 5.59. The molecule has 0 amide bonds.